The number of hydrogen-bond acceptors (Lipinski definition) is 3. The second kappa shape index (κ2) is 5.69. The summed E-state index contributed by atoms with van der Waals surface area (Å²) in [6.07, 6.45) is 1.68. The summed E-state index contributed by atoms with van der Waals surface area (Å²) < 4.78 is 16.1. The van der Waals surface area contributed by atoms with Gasteiger partial charge in [0.2, 0.25) is 0 Å². The topological polar surface area (TPSA) is 45.8 Å². The van der Waals surface area contributed by atoms with Crippen molar-refractivity contribution in [1.29, 1.82) is 0 Å². The summed E-state index contributed by atoms with van der Waals surface area (Å²) in [4.78, 5) is 19.3. The number of fused-ring (bicyclic) bond motifs is 1. The van der Waals surface area contributed by atoms with Crippen molar-refractivity contribution in [2.24, 2.45) is 0 Å². The zero-order valence-electron chi connectivity index (χ0n) is 12.8. The molecule has 1 aromatic carbocycles. The van der Waals surface area contributed by atoms with E-state index in [1.165, 1.54) is 11.3 Å². The van der Waals surface area contributed by atoms with Crippen molar-refractivity contribution in [2.45, 2.75) is 6.92 Å². The monoisotopic (exact) mass is 336 g/mol. The zero-order chi connectivity index (χ0) is 16.7. The van der Waals surface area contributed by atoms with Gasteiger partial charge in [0.05, 0.1) is 10.4 Å². The first-order valence-electron chi connectivity index (χ1n) is 7.46. The van der Waals surface area contributed by atoms with Gasteiger partial charge in [-0.3, -0.25) is 9.78 Å². The molecule has 1 N–H and O–H groups in total. The predicted molar refractivity (Wildman–Crippen MR) is 95.8 cm³/mol. The number of thiophene rings is 1. The summed E-state index contributed by atoms with van der Waals surface area (Å²) in [5.41, 5.74) is 2.05. The molecule has 0 bridgehead atoms. The molecule has 0 spiro atoms. The fraction of sp³-hybridized carbons (Fsp3) is 0.0526. The smallest absolute Gasteiger partial charge is 0.256 e. The molecule has 5 heteroatoms. The number of benzene rings is 1. The highest BCUT2D eigenvalue weighted by Gasteiger charge is 2.16. The quantitative estimate of drug-likeness (QED) is 0.573. The molecule has 24 heavy (non-hydrogen) atoms. The van der Waals surface area contributed by atoms with Gasteiger partial charge in [-0.25, -0.2) is 4.39 Å². The highest BCUT2D eigenvalue weighted by molar-refractivity contribution is 7.17. The van der Waals surface area contributed by atoms with Gasteiger partial charge in [-0.05, 0) is 48.0 Å². The van der Waals surface area contributed by atoms with E-state index in [9.17, 15) is 4.79 Å². The Bertz CT molecular complexity index is 1110. The molecule has 0 atom stereocenters. The van der Waals surface area contributed by atoms with Crippen molar-refractivity contribution in [3.8, 4) is 22.4 Å². The zero-order valence-corrected chi connectivity index (χ0v) is 13.7. The summed E-state index contributed by atoms with van der Waals surface area (Å²) in [5, 5.41) is 2.99. The molecule has 0 aliphatic heterocycles. The number of hydrogen-bond donors (Lipinski definition) is 1. The van der Waals surface area contributed by atoms with E-state index >= 15 is 4.39 Å². The van der Waals surface area contributed by atoms with Crippen molar-refractivity contribution in [3.63, 3.8) is 0 Å². The van der Waals surface area contributed by atoms with Crippen LogP contribution in [-0.2, 0) is 0 Å². The molecule has 118 valence electrons. The lowest BCUT2D eigenvalue weighted by molar-refractivity contribution is 0.634. The van der Waals surface area contributed by atoms with Crippen LogP contribution in [0, 0.1) is 12.7 Å². The summed E-state index contributed by atoms with van der Waals surface area (Å²) >= 11 is 1.53. The van der Waals surface area contributed by atoms with Crippen molar-refractivity contribution >= 4 is 21.4 Å². The molecular weight excluding hydrogens is 323 g/mol. The molecule has 0 fully saturated rings. The first-order valence-corrected chi connectivity index (χ1v) is 8.34. The Hall–Kier alpha value is -2.79. The Morgan fingerprint density at radius 3 is 2.71 bits per heavy atom. The van der Waals surface area contributed by atoms with Crippen LogP contribution in [0.4, 0.5) is 4.39 Å². The fourth-order valence-electron chi connectivity index (χ4n) is 2.79. The number of H-pyrrole nitrogens is 1. The van der Waals surface area contributed by atoms with Crippen LogP contribution >= 0.6 is 11.3 Å². The van der Waals surface area contributed by atoms with Crippen molar-refractivity contribution in [2.75, 3.05) is 0 Å². The van der Waals surface area contributed by atoms with E-state index in [1.807, 2.05) is 17.5 Å². The van der Waals surface area contributed by atoms with Crippen LogP contribution in [0.2, 0.25) is 0 Å². The van der Waals surface area contributed by atoms with E-state index in [0.29, 0.717) is 16.8 Å². The highest BCUT2D eigenvalue weighted by atomic mass is 32.1. The van der Waals surface area contributed by atoms with Gasteiger partial charge < -0.3 is 4.98 Å². The van der Waals surface area contributed by atoms with E-state index in [-0.39, 0.29) is 11.1 Å². The Labute approximate surface area is 141 Å². The standard InChI is InChI=1S/C19H13FN2OS/c1-11-5-6-14(19(23)22-11)13-3-2-4-15(16(13)20)17-18-12(7-9-21-17)8-10-24-18/h2-10H,1H3,(H,22,23). The summed E-state index contributed by atoms with van der Waals surface area (Å²) in [7, 11) is 0. The SMILES string of the molecule is Cc1ccc(-c2cccc(-c3nccc4ccsc34)c2F)c(=O)[nH]1. The molecule has 0 saturated heterocycles. The molecule has 0 aliphatic carbocycles. The molecule has 3 nitrogen and oxygen atoms in total. The van der Waals surface area contributed by atoms with Crippen molar-refractivity contribution < 1.29 is 4.39 Å². The van der Waals surface area contributed by atoms with Gasteiger partial charge in [0.25, 0.3) is 5.56 Å². The van der Waals surface area contributed by atoms with Gasteiger partial charge in [-0.2, -0.15) is 0 Å². The van der Waals surface area contributed by atoms with Crippen molar-refractivity contribution in [3.05, 3.63) is 75.9 Å². The molecule has 4 aromatic rings. The van der Waals surface area contributed by atoms with Crippen molar-refractivity contribution in [1.82, 2.24) is 9.97 Å². The third kappa shape index (κ3) is 2.34. The first-order chi connectivity index (χ1) is 11.6. The lowest BCUT2D eigenvalue weighted by Gasteiger charge is -2.09. The number of nitrogens with zero attached hydrogens (tertiary/aromatic N) is 1. The largest absolute Gasteiger partial charge is 0.326 e. The molecule has 0 radical (unpaired) electrons. The van der Waals surface area contributed by atoms with E-state index in [1.54, 1.807) is 43.5 Å². The fourth-order valence-corrected chi connectivity index (χ4v) is 3.69. The van der Waals surface area contributed by atoms with Gasteiger partial charge >= 0.3 is 0 Å². The predicted octanol–water partition coefficient (Wildman–Crippen LogP) is 4.77. The number of rotatable bonds is 2. The molecule has 0 amide bonds. The Kier molecular flexibility index (Phi) is 3.50. The van der Waals surface area contributed by atoms with Gasteiger partial charge in [0, 0.05) is 28.6 Å². The third-order valence-corrected chi connectivity index (χ3v) is 4.90. The van der Waals surface area contributed by atoms with E-state index in [2.05, 4.69) is 9.97 Å². The van der Waals surface area contributed by atoms with E-state index < -0.39 is 5.82 Å². The maximum absolute atomic E-state index is 15.2. The summed E-state index contributed by atoms with van der Waals surface area (Å²) in [6.45, 7) is 1.79. The second-order valence-electron chi connectivity index (χ2n) is 5.55. The normalized spacial score (nSPS) is 11.1. The number of aromatic amines is 1. The van der Waals surface area contributed by atoms with Gasteiger partial charge in [0.15, 0.2) is 0 Å². The molecule has 0 saturated carbocycles. The van der Waals surface area contributed by atoms with Crippen LogP contribution in [0.5, 0.6) is 0 Å². The van der Waals surface area contributed by atoms with E-state index in [0.717, 1.165) is 15.8 Å². The summed E-state index contributed by atoms with van der Waals surface area (Å²) in [5.74, 6) is -0.430. The van der Waals surface area contributed by atoms with E-state index in [4.69, 9.17) is 0 Å². The van der Waals surface area contributed by atoms with Crippen LogP contribution in [0.25, 0.3) is 32.5 Å². The lowest BCUT2D eigenvalue weighted by Crippen LogP contribution is -2.10. The number of aryl methyl sites for hydroxylation is 1. The van der Waals surface area contributed by atoms with Crippen LogP contribution in [0.1, 0.15) is 5.69 Å². The molecule has 0 aliphatic rings. The Morgan fingerprint density at radius 2 is 1.88 bits per heavy atom. The van der Waals surface area contributed by atoms with Crippen LogP contribution in [0.15, 0.2) is 58.8 Å². The van der Waals surface area contributed by atoms with Crippen LogP contribution in [-0.4, -0.2) is 9.97 Å². The maximum atomic E-state index is 15.2. The number of halogens is 1. The first kappa shape index (κ1) is 14.8. The maximum Gasteiger partial charge on any atom is 0.256 e. The number of aromatic nitrogens is 2. The molecule has 0 unspecified atom stereocenters. The van der Waals surface area contributed by atoms with Crippen LogP contribution < -0.4 is 5.56 Å². The number of nitrogens with one attached hydrogen (secondary N) is 1. The second-order valence-corrected chi connectivity index (χ2v) is 6.47. The van der Waals surface area contributed by atoms with Crippen LogP contribution in [0.3, 0.4) is 0 Å². The molecule has 4 rings (SSSR count). The average molecular weight is 336 g/mol. The summed E-state index contributed by atoms with van der Waals surface area (Å²) in [6, 6.07) is 12.4. The minimum absolute atomic E-state index is 0.282. The third-order valence-electron chi connectivity index (χ3n) is 3.97. The lowest BCUT2D eigenvalue weighted by atomic mass is 10.0. The highest BCUT2D eigenvalue weighted by Crippen LogP contribution is 2.34. The molecule has 3 heterocycles. The van der Waals surface area contributed by atoms with Gasteiger partial charge in [0.1, 0.15) is 5.82 Å². The number of pyridine rings is 2. The minimum atomic E-state index is -0.430. The average Bonchev–Trinajstić information content (AvgIpc) is 3.04. The van der Waals surface area contributed by atoms with Gasteiger partial charge in [-0.15, -0.1) is 11.3 Å². The Balaban J connectivity index is 1.96. The van der Waals surface area contributed by atoms with Gasteiger partial charge in [-0.1, -0.05) is 12.1 Å². The minimum Gasteiger partial charge on any atom is -0.326 e. The molecule has 3 aromatic heterocycles. The Morgan fingerprint density at radius 1 is 1.04 bits per heavy atom. The molecular formula is C19H13FN2OS.